The highest BCUT2D eigenvalue weighted by Crippen LogP contribution is 2.52. The van der Waals surface area contributed by atoms with Gasteiger partial charge in [-0.15, -0.1) is 0 Å². The van der Waals surface area contributed by atoms with Crippen molar-refractivity contribution in [2.75, 3.05) is 7.11 Å². The molecule has 17 heavy (non-hydrogen) atoms. The number of hydrogen-bond donors (Lipinski definition) is 1. The molecular weight excluding hydrogens is 216 g/mol. The zero-order chi connectivity index (χ0) is 12.0. The molecule has 90 valence electrons. The summed E-state index contributed by atoms with van der Waals surface area (Å²) in [6.07, 6.45) is 4.81. The van der Waals surface area contributed by atoms with Gasteiger partial charge in [0.2, 0.25) is 0 Å². The number of fused-ring (bicyclic) bond motifs is 1. The number of rotatable bonds is 1. The summed E-state index contributed by atoms with van der Waals surface area (Å²) in [5, 5.41) is 9.90. The summed E-state index contributed by atoms with van der Waals surface area (Å²) in [7, 11) is 1.57. The molecular formula is C14H16O3. The third kappa shape index (κ3) is 1.31. The Kier molecular flexibility index (Phi) is 2.18. The fourth-order valence-electron chi connectivity index (χ4n) is 3.35. The van der Waals surface area contributed by atoms with Crippen molar-refractivity contribution >= 4 is 5.78 Å². The minimum Gasteiger partial charge on any atom is -0.508 e. The van der Waals surface area contributed by atoms with Gasteiger partial charge < -0.3 is 9.84 Å². The Labute approximate surface area is 100 Å². The molecule has 2 aliphatic rings. The van der Waals surface area contributed by atoms with E-state index in [1.807, 2.05) is 0 Å². The molecule has 0 unspecified atom stereocenters. The third-order valence-electron chi connectivity index (χ3n) is 4.25. The number of Topliss-reactive ketones (excluding diaryl/α,β-unsaturated/α-hetero) is 1. The summed E-state index contributed by atoms with van der Waals surface area (Å²) in [6, 6.07) is 3.30. The molecule has 3 heteroatoms. The molecule has 1 aromatic rings. The van der Waals surface area contributed by atoms with Gasteiger partial charge >= 0.3 is 0 Å². The average Bonchev–Trinajstić information content (AvgIpc) is 2.90. The van der Waals surface area contributed by atoms with Gasteiger partial charge in [-0.3, -0.25) is 4.79 Å². The molecule has 0 bridgehead atoms. The van der Waals surface area contributed by atoms with Gasteiger partial charge in [-0.05, 0) is 31.4 Å². The Morgan fingerprint density at radius 1 is 1.29 bits per heavy atom. The molecule has 0 aromatic heterocycles. The van der Waals surface area contributed by atoms with Crippen LogP contribution in [0, 0.1) is 5.41 Å². The standard InChI is InChI=1S/C14H16O3/c1-17-11-5-4-10(15)9-8-14(6-2-3-7-14)13(16)12(9)11/h4-5,15H,2-3,6-8H2,1H3. The summed E-state index contributed by atoms with van der Waals surface area (Å²) >= 11 is 0. The van der Waals surface area contributed by atoms with Crippen LogP contribution in [0.1, 0.15) is 41.6 Å². The summed E-state index contributed by atoms with van der Waals surface area (Å²) in [5.41, 5.74) is 1.17. The number of phenols is 1. The van der Waals surface area contributed by atoms with E-state index in [0.717, 1.165) is 31.2 Å². The van der Waals surface area contributed by atoms with E-state index in [-0.39, 0.29) is 16.9 Å². The fourth-order valence-corrected chi connectivity index (χ4v) is 3.35. The molecule has 0 amide bonds. The van der Waals surface area contributed by atoms with Crippen LogP contribution in [0.4, 0.5) is 0 Å². The van der Waals surface area contributed by atoms with Crippen LogP contribution in [0.3, 0.4) is 0 Å². The number of carbonyl (C=O) groups is 1. The number of carbonyl (C=O) groups excluding carboxylic acids is 1. The highest BCUT2D eigenvalue weighted by Gasteiger charge is 2.49. The zero-order valence-electron chi connectivity index (χ0n) is 9.95. The number of methoxy groups -OCH3 is 1. The highest BCUT2D eigenvalue weighted by molar-refractivity contribution is 6.08. The Balaban J connectivity index is 2.16. The quantitative estimate of drug-likeness (QED) is 0.809. The lowest BCUT2D eigenvalue weighted by atomic mass is 9.82. The van der Waals surface area contributed by atoms with E-state index in [1.165, 1.54) is 0 Å². The summed E-state index contributed by atoms with van der Waals surface area (Å²) < 4.78 is 5.25. The molecule has 0 aliphatic heterocycles. The van der Waals surface area contributed by atoms with Crippen molar-refractivity contribution in [2.24, 2.45) is 5.41 Å². The normalized spacial score (nSPS) is 20.9. The fraction of sp³-hybridized carbons (Fsp3) is 0.500. The van der Waals surface area contributed by atoms with Crippen molar-refractivity contribution in [2.45, 2.75) is 32.1 Å². The van der Waals surface area contributed by atoms with Crippen LogP contribution in [-0.2, 0) is 6.42 Å². The van der Waals surface area contributed by atoms with E-state index >= 15 is 0 Å². The predicted octanol–water partition coefficient (Wildman–Crippen LogP) is 2.70. The van der Waals surface area contributed by atoms with Gasteiger partial charge in [-0.2, -0.15) is 0 Å². The van der Waals surface area contributed by atoms with Gasteiger partial charge in [0.1, 0.15) is 11.5 Å². The van der Waals surface area contributed by atoms with Gasteiger partial charge in [0.05, 0.1) is 12.7 Å². The Morgan fingerprint density at radius 3 is 2.65 bits per heavy atom. The summed E-state index contributed by atoms with van der Waals surface area (Å²) in [5.74, 6) is 1.02. The summed E-state index contributed by atoms with van der Waals surface area (Å²) in [6.45, 7) is 0. The van der Waals surface area contributed by atoms with Crippen LogP contribution in [0.2, 0.25) is 0 Å². The Hall–Kier alpha value is -1.51. The minimum absolute atomic E-state index is 0.178. The predicted molar refractivity (Wildman–Crippen MR) is 63.6 cm³/mol. The third-order valence-corrected chi connectivity index (χ3v) is 4.25. The number of hydrogen-bond acceptors (Lipinski definition) is 3. The van der Waals surface area contributed by atoms with E-state index in [4.69, 9.17) is 4.74 Å². The van der Waals surface area contributed by atoms with Crippen molar-refractivity contribution < 1.29 is 14.6 Å². The SMILES string of the molecule is COc1ccc(O)c2c1C(=O)C1(CCCC1)C2. The number of ketones is 1. The zero-order valence-corrected chi connectivity index (χ0v) is 9.95. The van der Waals surface area contributed by atoms with E-state index in [9.17, 15) is 9.90 Å². The lowest BCUT2D eigenvalue weighted by Gasteiger charge is -2.19. The molecule has 1 spiro atoms. The van der Waals surface area contributed by atoms with Crippen LogP contribution in [0.5, 0.6) is 11.5 Å². The first-order chi connectivity index (χ1) is 8.18. The molecule has 1 N–H and O–H groups in total. The lowest BCUT2D eigenvalue weighted by Crippen LogP contribution is -2.23. The molecule has 1 fully saturated rings. The maximum Gasteiger partial charge on any atom is 0.173 e. The highest BCUT2D eigenvalue weighted by atomic mass is 16.5. The van der Waals surface area contributed by atoms with Gasteiger partial charge in [-0.25, -0.2) is 0 Å². The maximum atomic E-state index is 12.6. The van der Waals surface area contributed by atoms with Crippen molar-refractivity contribution in [3.05, 3.63) is 23.3 Å². The largest absolute Gasteiger partial charge is 0.508 e. The maximum absolute atomic E-state index is 12.6. The van der Waals surface area contributed by atoms with Crippen LogP contribution >= 0.6 is 0 Å². The molecule has 1 saturated carbocycles. The van der Waals surface area contributed by atoms with Crippen molar-refractivity contribution in [1.29, 1.82) is 0 Å². The molecule has 3 nitrogen and oxygen atoms in total. The van der Waals surface area contributed by atoms with Crippen molar-refractivity contribution in [1.82, 2.24) is 0 Å². The van der Waals surface area contributed by atoms with E-state index in [0.29, 0.717) is 17.7 Å². The van der Waals surface area contributed by atoms with E-state index in [2.05, 4.69) is 0 Å². The van der Waals surface area contributed by atoms with Crippen LogP contribution < -0.4 is 4.74 Å². The van der Waals surface area contributed by atoms with E-state index < -0.39 is 0 Å². The first-order valence-electron chi connectivity index (χ1n) is 6.12. The van der Waals surface area contributed by atoms with Crippen LogP contribution in [-0.4, -0.2) is 18.0 Å². The second-order valence-corrected chi connectivity index (χ2v) is 5.13. The van der Waals surface area contributed by atoms with Gasteiger partial charge in [0.25, 0.3) is 0 Å². The van der Waals surface area contributed by atoms with E-state index in [1.54, 1.807) is 19.2 Å². The number of benzene rings is 1. The lowest BCUT2D eigenvalue weighted by molar-refractivity contribution is 0.0824. The molecule has 0 atom stereocenters. The first kappa shape index (κ1) is 10.6. The smallest absolute Gasteiger partial charge is 0.173 e. The number of aromatic hydroxyl groups is 1. The monoisotopic (exact) mass is 232 g/mol. The molecule has 0 saturated heterocycles. The molecule has 3 rings (SSSR count). The van der Waals surface area contributed by atoms with Gasteiger partial charge in [-0.1, -0.05) is 12.8 Å². The topological polar surface area (TPSA) is 46.5 Å². The Morgan fingerprint density at radius 2 is 2.00 bits per heavy atom. The minimum atomic E-state index is -0.242. The van der Waals surface area contributed by atoms with Crippen LogP contribution in [0.25, 0.3) is 0 Å². The molecule has 0 radical (unpaired) electrons. The first-order valence-corrected chi connectivity index (χ1v) is 6.12. The van der Waals surface area contributed by atoms with Crippen LogP contribution in [0.15, 0.2) is 12.1 Å². The molecule has 1 aromatic carbocycles. The number of phenolic OH excluding ortho intramolecular Hbond substituents is 1. The Bertz CT molecular complexity index is 484. The van der Waals surface area contributed by atoms with Gasteiger partial charge in [0, 0.05) is 11.0 Å². The van der Waals surface area contributed by atoms with Gasteiger partial charge in [0.15, 0.2) is 5.78 Å². The average molecular weight is 232 g/mol. The number of ether oxygens (including phenoxy) is 1. The second kappa shape index (κ2) is 3.49. The van der Waals surface area contributed by atoms with Crippen molar-refractivity contribution in [3.8, 4) is 11.5 Å². The second-order valence-electron chi connectivity index (χ2n) is 5.13. The molecule has 0 heterocycles. The molecule has 2 aliphatic carbocycles. The summed E-state index contributed by atoms with van der Waals surface area (Å²) in [4.78, 5) is 12.6. The van der Waals surface area contributed by atoms with Crippen molar-refractivity contribution in [3.63, 3.8) is 0 Å².